The van der Waals surface area contributed by atoms with Crippen molar-refractivity contribution in [3.05, 3.63) is 35.5 Å². The number of carbonyl (C=O) groups is 1. The first-order chi connectivity index (χ1) is 8.13. The van der Waals surface area contributed by atoms with Crippen molar-refractivity contribution in [3.8, 4) is 0 Å². The monoisotopic (exact) mass is 267 g/mol. The van der Waals surface area contributed by atoms with E-state index in [0.717, 1.165) is 11.3 Å². The minimum Gasteiger partial charge on any atom is -0.368 e. The van der Waals surface area contributed by atoms with Crippen LogP contribution in [0.4, 0.5) is 5.69 Å². The van der Waals surface area contributed by atoms with Gasteiger partial charge in [0.15, 0.2) is 0 Å². The van der Waals surface area contributed by atoms with E-state index in [4.69, 9.17) is 11.5 Å². The molecule has 1 heterocycles. The van der Waals surface area contributed by atoms with Gasteiger partial charge in [0.05, 0.1) is 6.04 Å². The third kappa shape index (κ3) is 2.54. The second-order valence-electron chi connectivity index (χ2n) is 4.03. The predicted molar refractivity (Wildman–Crippen MR) is 71.0 cm³/mol. The maximum Gasteiger partial charge on any atom is 0.234 e. The molecule has 2 atom stereocenters. The summed E-state index contributed by atoms with van der Waals surface area (Å²) in [7, 11) is 0. The molecule has 1 aliphatic heterocycles. The predicted octanol–water partition coefficient (Wildman–Crippen LogP) is 0.536. The summed E-state index contributed by atoms with van der Waals surface area (Å²) in [5.74, 6) is 1.05. The van der Waals surface area contributed by atoms with Crippen LogP contribution in [-0.4, -0.2) is 17.9 Å². The number of nitrogens with one attached hydrogen (secondary N) is 1. The van der Waals surface area contributed by atoms with Crippen molar-refractivity contribution < 1.29 is 9.59 Å². The Morgan fingerprint density at radius 2 is 2.11 bits per heavy atom. The van der Waals surface area contributed by atoms with E-state index in [0.29, 0.717) is 12.1 Å². The molecule has 0 fully saturated rings. The zero-order chi connectivity index (χ0) is 12.4. The fourth-order valence-electron chi connectivity index (χ4n) is 2.01. The Balaban J connectivity index is 0.00000162. The van der Waals surface area contributed by atoms with Crippen molar-refractivity contribution >= 4 is 29.9 Å². The fourth-order valence-corrected chi connectivity index (χ4v) is 2.01. The van der Waals surface area contributed by atoms with E-state index >= 15 is 0 Å². The summed E-state index contributed by atoms with van der Waals surface area (Å²) in [5, 5.41) is 2.96. The average molecular weight is 268 g/mol. The van der Waals surface area contributed by atoms with Crippen LogP contribution in [0.1, 0.15) is 17.9 Å². The molecule has 0 aliphatic carbocycles. The van der Waals surface area contributed by atoms with Gasteiger partial charge < -0.3 is 16.8 Å². The maximum absolute atomic E-state index is 11.0. The van der Waals surface area contributed by atoms with Crippen molar-refractivity contribution in [3.63, 3.8) is 0 Å². The molecule has 2 unspecified atom stereocenters. The molecular formula is C12H14ClN3O2. The molecule has 0 saturated heterocycles. The zero-order valence-electron chi connectivity index (χ0n) is 9.55. The van der Waals surface area contributed by atoms with Gasteiger partial charge in [0.2, 0.25) is 5.91 Å². The molecule has 0 radical (unpaired) electrons. The van der Waals surface area contributed by atoms with Crippen molar-refractivity contribution in [2.75, 3.05) is 5.32 Å². The number of anilines is 1. The van der Waals surface area contributed by atoms with Crippen LogP contribution in [0.15, 0.2) is 30.0 Å². The highest BCUT2D eigenvalue weighted by Gasteiger charge is 2.30. The molecule has 6 heteroatoms. The van der Waals surface area contributed by atoms with Crippen LogP contribution in [0.3, 0.4) is 0 Å². The fraction of sp³-hybridized carbons (Fsp3) is 0.250. The van der Waals surface area contributed by atoms with Gasteiger partial charge in [-0.25, -0.2) is 4.79 Å². The van der Waals surface area contributed by atoms with Crippen LogP contribution in [0.2, 0.25) is 0 Å². The number of fused-ring (bicyclic) bond motifs is 1. The van der Waals surface area contributed by atoms with Crippen molar-refractivity contribution in [1.82, 2.24) is 0 Å². The number of primary amides is 1. The standard InChI is InChI=1S/C12H13N3O2.ClH/c13-9(12(14)17)5-8-7-3-1-2-4-10(7)15-11(8)6-16;/h1-4,8-9,15H,5,13H2,(H2,14,17);1H. The molecule has 96 valence electrons. The zero-order valence-corrected chi connectivity index (χ0v) is 10.4. The number of para-hydroxylation sites is 1. The van der Waals surface area contributed by atoms with E-state index in [1.165, 1.54) is 0 Å². The Labute approximate surface area is 111 Å². The molecule has 0 bridgehead atoms. The molecule has 1 aromatic rings. The molecule has 5 nitrogen and oxygen atoms in total. The SMILES string of the molecule is Cl.NC(=O)C(N)CC1C(=C=O)Nc2ccccc21. The Kier molecular flexibility index (Phi) is 4.50. The molecular weight excluding hydrogens is 254 g/mol. The second-order valence-corrected chi connectivity index (χ2v) is 4.03. The van der Waals surface area contributed by atoms with Crippen molar-refractivity contribution in [1.29, 1.82) is 0 Å². The topological polar surface area (TPSA) is 98.2 Å². The molecule has 18 heavy (non-hydrogen) atoms. The highest BCUT2D eigenvalue weighted by molar-refractivity contribution is 5.85. The number of carbonyl (C=O) groups excluding carboxylic acids is 2. The van der Waals surface area contributed by atoms with Gasteiger partial charge in [0.25, 0.3) is 0 Å². The van der Waals surface area contributed by atoms with Gasteiger partial charge in [-0.2, -0.15) is 0 Å². The molecule has 5 N–H and O–H groups in total. The highest BCUT2D eigenvalue weighted by Crippen LogP contribution is 2.39. The highest BCUT2D eigenvalue weighted by atomic mass is 35.5. The van der Waals surface area contributed by atoms with Gasteiger partial charge in [0, 0.05) is 11.6 Å². The molecule has 1 aliphatic rings. The van der Waals surface area contributed by atoms with Crippen LogP contribution in [0.25, 0.3) is 0 Å². The Bertz CT molecular complexity index is 512. The van der Waals surface area contributed by atoms with E-state index in [-0.39, 0.29) is 18.3 Å². The van der Waals surface area contributed by atoms with Crippen LogP contribution in [-0.2, 0) is 9.59 Å². The average Bonchev–Trinajstić information content (AvgIpc) is 2.67. The van der Waals surface area contributed by atoms with Crippen LogP contribution in [0.5, 0.6) is 0 Å². The summed E-state index contributed by atoms with van der Waals surface area (Å²) in [6.07, 6.45) is 0.309. The number of rotatable bonds is 3. The lowest BCUT2D eigenvalue weighted by molar-refractivity contribution is -0.119. The quantitative estimate of drug-likeness (QED) is 0.696. The molecule has 0 saturated carbocycles. The Hall–Kier alpha value is -1.81. The summed E-state index contributed by atoms with van der Waals surface area (Å²) in [6, 6.07) is 6.73. The largest absolute Gasteiger partial charge is 0.368 e. The number of nitrogens with two attached hydrogens (primary N) is 2. The third-order valence-corrected chi connectivity index (χ3v) is 2.92. The maximum atomic E-state index is 11.0. The Morgan fingerprint density at radius 1 is 1.44 bits per heavy atom. The molecule has 0 spiro atoms. The van der Waals surface area contributed by atoms with Gasteiger partial charge in [0.1, 0.15) is 11.6 Å². The van der Waals surface area contributed by atoms with E-state index in [2.05, 4.69) is 5.32 Å². The smallest absolute Gasteiger partial charge is 0.234 e. The summed E-state index contributed by atoms with van der Waals surface area (Å²) >= 11 is 0. The summed E-state index contributed by atoms with van der Waals surface area (Å²) in [6.45, 7) is 0. The number of benzene rings is 1. The lowest BCUT2D eigenvalue weighted by Crippen LogP contribution is -2.37. The van der Waals surface area contributed by atoms with Crippen LogP contribution >= 0.6 is 12.4 Å². The first-order valence-corrected chi connectivity index (χ1v) is 5.29. The first kappa shape index (κ1) is 14.3. The van der Waals surface area contributed by atoms with E-state index in [1.54, 1.807) is 0 Å². The lowest BCUT2D eigenvalue weighted by atomic mass is 9.92. The molecule has 2 rings (SSSR count). The molecule has 1 aromatic carbocycles. The lowest BCUT2D eigenvalue weighted by Gasteiger charge is -2.13. The number of amides is 1. The van der Waals surface area contributed by atoms with Gasteiger partial charge in [-0.15, -0.1) is 12.4 Å². The number of hydrogen-bond donors (Lipinski definition) is 3. The summed E-state index contributed by atoms with van der Waals surface area (Å²) < 4.78 is 0. The van der Waals surface area contributed by atoms with Gasteiger partial charge in [-0.1, -0.05) is 18.2 Å². The van der Waals surface area contributed by atoms with E-state index in [9.17, 15) is 9.59 Å². The van der Waals surface area contributed by atoms with E-state index < -0.39 is 11.9 Å². The molecule has 0 aromatic heterocycles. The summed E-state index contributed by atoms with van der Waals surface area (Å²) in [4.78, 5) is 21.8. The normalized spacial score (nSPS) is 18.1. The van der Waals surface area contributed by atoms with E-state index in [1.807, 2.05) is 30.2 Å². The van der Waals surface area contributed by atoms with Gasteiger partial charge >= 0.3 is 0 Å². The van der Waals surface area contributed by atoms with Crippen LogP contribution in [0, 0.1) is 0 Å². The number of halogens is 1. The van der Waals surface area contributed by atoms with Crippen LogP contribution < -0.4 is 16.8 Å². The minimum atomic E-state index is -0.767. The van der Waals surface area contributed by atoms with Crippen molar-refractivity contribution in [2.45, 2.75) is 18.4 Å². The van der Waals surface area contributed by atoms with Gasteiger partial charge in [-0.3, -0.25) is 4.79 Å². The number of allylic oxidation sites excluding steroid dienone is 1. The first-order valence-electron chi connectivity index (χ1n) is 5.29. The third-order valence-electron chi connectivity index (χ3n) is 2.92. The second kappa shape index (κ2) is 5.69. The minimum absolute atomic E-state index is 0. The van der Waals surface area contributed by atoms with Gasteiger partial charge in [-0.05, 0) is 18.1 Å². The number of hydrogen-bond acceptors (Lipinski definition) is 4. The molecule has 1 amide bonds. The Morgan fingerprint density at radius 3 is 2.72 bits per heavy atom. The van der Waals surface area contributed by atoms with Crippen molar-refractivity contribution in [2.24, 2.45) is 11.5 Å². The summed E-state index contributed by atoms with van der Waals surface area (Å²) in [5.41, 5.74) is 13.0.